The van der Waals surface area contributed by atoms with E-state index in [0.717, 1.165) is 10.9 Å². The van der Waals surface area contributed by atoms with Gasteiger partial charge >= 0.3 is 0 Å². The number of hydrogen-bond donors (Lipinski definition) is 0. The Morgan fingerprint density at radius 1 is 1.14 bits per heavy atom. The Bertz CT molecular complexity index is 1120. The number of carbonyl (C=O) groups is 1. The number of amides is 1. The third kappa shape index (κ3) is 3.57. The van der Waals surface area contributed by atoms with Crippen LogP contribution >= 0.6 is 0 Å². The Morgan fingerprint density at radius 2 is 1.90 bits per heavy atom. The van der Waals surface area contributed by atoms with Gasteiger partial charge in [0, 0.05) is 31.6 Å². The van der Waals surface area contributed by atoms with E-state index in [1.807, 2.05) is 23.1 Å². The van der Waals surface area contributed by atoms with Crippen LogP contribution in [0, 0.1) is 17.1 Å². The minimum atomic E-state index is -0.515. The number of anilines is 1. The van der Waals surface area contributed by atoms with Gasteiger partial charge in [-0.2, -0.15) is 5.26 Å². The Kier molecular flexibility index (Phi) is 5.00. The molecule has 0 saturated carbocycles. The lowest BCUT2D eigenvalue weighted by molar-refractivity contribution is 0.0742. The van der Waals surface area contributed by atoms with Crippen molar-refractivity contribution >= 4 is 22.6 Å². The molecule has 7 heteroatoms. The largest absolute Gasteiger partial charge is 0.497 e. The molecule has 1 aliphatic rings. The number of hydrogen-bond acceptors (Lipinski definition) is 5. The van der Waals surface area contributed by atoms with Crippen LogP contribution in [0.25, 0.3) is 10.9 Å². The lowest BCUT2D eigenvalue weighted by atomic mass is 10.1. The lowest BCUT2D eigenvalue weighted by Gasteiger charge is -2.36. The highest BCUT2D eigenvalue weighted by Crippen LogP contribution is 2.27. The standard InChI is InChI=1S/C22H19FN4O2/c1-29-17-6-7-20-15(13-17)12-16(14-24)21(25-20)26-8-10-27(11-9-26)22(28)18-4-2-3-5-19(18)23/h2-7,12-13H,8-11H2,1H3. The molecule has 0 atom stereocenters. The topological polar surface area (TPSA) is 69.5 Å². The molecular weight excluding hydrogens is 371 g/mol. The van der Waals surface area contributed by atoms with Gasteiger partial charge in [0.25, 0.3) is 5.91 Å². The second-order valence-corrected chi connectivity index (χ2v) is 6.79. The molecule has 1 aromatic heterocycles. The van der Waals surface area contributed by atoms with E-state index in [0.29, 0.717) is 43.3 Å². The van der Waals surface area contributed by atoms with Crippen molar-refractivity contribution in [2.24, 2.45) is 0 Å². The molecule has 2 heterocycles. The first kappa shape index (κ1) is 18.7. The summed E-state index contributed by atoms with van der Waals surface area (Å²) in [5, 5.41) is 10.4. The third-order valence-corrected chi connectivity index (χ3v) is 5.09. The molecule has 146 valence electrons. The van der Waals surface area contributed by atoms with Gasteiger partial charge in [0.05, 0.1) is 23.8 Å². The molecule has 2 aromatic carbocycles. The summed E-state index contributed by atoms with van der Waals surface area (Å²) >= 11 is 0. The van der Waals surface area contributed by atoms with Gasteiger partial charge in [-0.1, -0.05) is 12.1 Å². The van der Waals surface area contributed by atoms with Crippen LogP contribution in [-0.4, -0.2) is 49.1 Å². The summed E-state index contributed by atoms with van der Waals surface area (Å²) in [6.07, 6.45) is 0. The Balaban J connectivity index is 1.55. The maximum atomic E-state index is 13.9. The maximum absolute atomic E-state index is 13.9. The Morgan fingerprint density at radius 3 is 2.59 bits per heavy atom. The monoisotopic (exact) mass is 390 g/mol. The number of halogens is 1. The fourth-order valence-corrected chi connectivity index (χ4v) is 3.52. The van der Waals surface area contributed by atoms with Gasteiger partial charge in [0.15, 0.2) is 0 Å². The molecule has 1 saturated heterocycles. The van der Waals surface area contributed by atoms with E-state index in [9.17, 15) is 14.4 Å². The number of nitrogens with zero attached hydrogens (tertiary/aromatic N) is 4. The highest BCUT2D eigenvalue weighted by molar-refractivity contribution is 5.94. The van der Waals surface area contributed by atoms with Crippen molar-refractivity contribution in [1.82, 2.24) is 9.88 Å². The van der Waals surface area contributed by atoms with Crippen molar-refractivity contribution in [2.45, 2.75) is 0 Å². The van der Waals surface area contributed by atoms with Crippen LogP contribution in [0.4, 0.5) is 10.2 Å². The maximum Gasteiger partial charge on any atom is 0.256 e. The van der Waals surface area contributed by atoms with E-state index < -0.39 is 5.82 Å². The number of piperazine rings is 1. The smallest absolute Gasteiger partial charge is 0.256 e. The highest BCUT2D eigenvalue weighted by Gasteiger charge is 2.26. The van der Waals surface area contributed by atoms with Crippen molar-refractivity contribution < 1.29 is 13.9 Å². The Labute approximate surface area is 167 Å². The number of ether oxygens (including phenoxy) is 1. The average Bonchev–Trinajstić information content (AvgIpc) is 2.77. The van der Waals surface area contributed by atoms with Crippen LogP contribution in [0.3, 0.4) is 0 Å². The van der Waals surface area contributed by atoms with E-state index in [-0.39, 0.29) is 11.5 Å². The van der Waals surface area contributed by atoms with Gasteiger partial charge in [-0.15, -0.1) is 0 Å². The summed E-state index contributed by atoms with van der Waals surface area (Å²) in [6, 6.07) is 15.6. The van der Waals surface area contributed by atoms with Crippen molar-refractivity contribution in [1.29, 1.82) is 5.26 Å². The summed E-state index contributed by atoms with van der Waals surface area (Å²) in [7, 11) is 1.59. The predicted octanol–water partition coefficient (Wildman–Crippen LogP) is 3.22. The second kappa shape index (κ2) is 7.76. The summed E-state index contributed by atoms with van der Waals surface area (Å²) in [6.45, 7) is 1.90. The molecule has 6 nitrogen and oxygen atoms in total. The minimum absolute atomic E-state index is 0.0800. The van der Waals surface area contributed by atoms with Crippen LogP contribution in [-0.2, 0) is 0 Å². The molecule has 0 spiro atoms. The van der Waals surface area contributed by atoms with Crippen molar-refractivity contribution in [3.05, 3.63) is 65.5 Å². The van der Waals surface area contributed by atoms with Crippen LogP contribution in [0.1, 0.15) is 15.9 Å². The second-order valence-electron chi connectivity index (χ2n) is 6.79. The quantitative estimate of drug-likeness (QED) is 0.687. The zero-order chi connectivity index (χ0) is 20.4. The third-order valence-electron chi connectivity index (χ3n) is 5.09. The number of nitriles is 1. The summed E-state index contributed by atoms with van der Waals surface area (Å²) in [4.78, 5) is 20.9. The van der Waals surface area contributed by atoms with E-state index in [1.54, 1.807) is 30.2 Å². The number of aromatic nitrogens is 1. The molecule has 29 heavy (non-hydrogen) atoms. The van der Waals surface area contributed by atoms with Crippen LogP contribution < -0.4 is 9.64 Å². The Hall–Kier alpha value is -3.66. The minimum Gasteiger partial charge on any atom is -0.497 e. The predicted molar refractivity (Wildman–Crippen MR) is 108 cm³/mol. The first-order chi connectivity index (χ1) is 14.1. The van der Waals surface area contributed by atoms with Crippen LogP contribution in [0.2, 0.25) is 0 Å². The summed E-state index contributed by atoms with van der Waals surface area (Å²) in [5.74, 6) is 0.472. The zero-order valence-corrected chi connectivity index (χ0v) is 15.9. The molecule has 1 fully saturated rings. The summed E-state index contributed by atoms with van der Waals surface area (Å²) in [5.41, 5.74) is 1.32. The molecule has 0 N–H and O–H groups in total. The van der Waals surface area contributed by atoms with Gasteiger partial charge in [-0.05, 0) is 36.4 Å². The van der Waals surface area contributed by atoms with Gasteiger partial charge < -0.3 is 14.5 Å². The van der Waals surface area contributed by atoms with E-state index in [4.69, 9.17) is 4.74 Å². The molecule has 0 aliphatic carbocycles. The normalized spacial score (nSPS) is 14.0. The fourth-order valence-electron chi connectivity index (χ4n) is 3.52. The zero-order valence-electron chi connectivity index (χ0n) is 15.9. The molecule has 1 amide bonds. The van der Waals surface area contributed by atoms with Crippen LogP contribution in [0.15, 0.2) is 48.5 Å². The number of methoxy groups -OCH3 is 1. The number of fused-ring (bicyclic) bond motifs is 1. The van der Waals surface area contributed by atoms with Crippen molar-refractivity contribution in [3.63, 3.8) is 0 Å². The number of rotatable bonds is 3. The number of carbonyl (C=O) groups excluding carboxylic acids is 1. The number of benzene rings is 2. The van der Waals surface area contributed by atoms with E-state index in [1.165, 1.54) is 12.1 Å². The van der Waals surface area contributed by atoms with Gasteiger partial charge in [0.1, 0.15) is 23.5 Å². The van der Waals surface area contributed by atoms with E-state index in [2.05, 4.69) is 11.1 Å². The molecule has 0 bridgehead atoms. The lowest BCUT2D eigenvalue weighted by Crippen LogP contribution is -2.49. The SMILES string of the molecule is COc1ccc2nc(N3CCN(C(=O)c4ccccc4F)CC3)c(C#N)cc2c1. The molecule has 3 aromatic rings. The van der Waals surface area contributed by atoms with Gasteiger partial charge in [-0.3, -0.25) is 4.79 Å². The molecule has 1 aliphatic heterocycles. The average molecular weight is 390 g/mol. The number of pyridine rings is 1. The van der Waals surface area contributed by atoms with Crippen molar-refractivity contribution in [2.75, 3.05) is 38.2 Å². The fraction of sp³-hybridized carbons (Fsp3) is 0.227. The van der Waals surface area contributed by atoms with Gasteiger partial charge in [0.2, 0.25) is 0 Å². The molecule has 0 radical (unpaired) electrons. The molecule has 4 rings (SSSR count). The van der Waals surface area contributed by atoms with Gasteiger partial charge in [-0.25, -0.2) is 9.37 Å². The first-order valence-electron chi connectivity index (χ1n) is 9.28. The molecular formula is C22H19FN4O2. The van der Waals surface area contributed by atoms with Crippen LogP contribution in [0.5, 0.6) is 5.75 Å². The molecule has 0 unspecified atom stereocenters. The van der Waals surface area contributed by atoms with Crippen molar-refractivity contribution in [3.8, 4) is 11.8 Å². The first-order valence-corrected chi connectivity index (χ1v) is 9.28. The summed E-state index contributed by atoms with van der Waals surface area (Å²) < 4.78 is 19.2. The highest BCUT2D eigenvalue weighted by atomic mass is 19.1. The van der Waals surface area contributed by atoms with E-state index >= 15 is 0 Å².